The zero-order valence-corrected chi connectivity index (χ0v) is 20.0. The molecule has 0 saturated carbocycles. The van der Waals surface area contributed by atoms with Crippen LogP contribution in [0.2, 0.25) is 0 Å². The molecule has 10 nitrogen and oxygen atoms in total. The van der Waals surface area contributed by atoms with Gasteiger partial charge in [-0.15, -0.1) is 29.8 Å². The zero-order chi connectivity index (χ0) is 25.5. The number of rotatable bonds is 13. The summed E-state index contributed by atoms with van der Waals surface area (Å²) < 4.78 is 10.6. The SMILES string of the molecule is C=CCN(C)Cc1cc([N+](=O)[O-])ccc1OCCCl.O=Cc1cc([N+](=O)[O-])ccc1OCCCl. The first kappa shape index (κ1) is 28.8. The molecule has 0 saturated heterocycles. The average Bonchev–Trinajstić information content (AvgIpc) is 2.82. The van der Waals surface area contributed by atoms with Crippen LogP contribution in [0.3, 0.4) is 0 Å². The Morgan fingerprint density at radius 1 is 0.971 bits per heavy atom. The fourth-order valence-electron chi connectivity index (χ4n) is 2.69. The second-order valence-corrected chi connectivity index (χ2v) is 7.46. The molecule has 0 radical (unpaired) electrons. The third-order valence-electron chi connectivity index (χ3n) is 4.14. The van der Waals surface area contributed by atoms with Crippen LogP contribution < -0.4 is 9.47 Å². The lowest BCUT2D eigenvalue weighted by molar-refractivity contribution is -0.385. The Bertz CT molecular complexity index is 989. The van der Waals surface area contributed by atoms with Gasteiger partial charge >= 0.3 is 0 Å². The summed E-state index contributed by atoms with van der Waals surface area (Å²) >= 11 is 11.0. The molecule has 2 aromatic carbocycles. The first-order valence-electron chi connectivity index (χ1n) is 9.95. The van der Waals surface area contributed by atoms with Gasteiger partial charge in [0.25, 0.3) is 11.4 Å². The Hall–Kier alpha value is -3.21. The minimum absolute atomic E-state index is 0.0558. The van der Waals surface area contributed by atoms with Crippen molar-refractivity contribution in [3.8, 4) is 11.5 Å². The number of carbonyl (C=O) groups excluding carboxylic acids is 1. The normalized spacial score (nSPS) is 10.1. The van der Waals surface area contributed by atoms with Crippen molar-refractivity contribution in [2.75, 3.05) is 38.6 Å². The molecule has 0 aliphatic heterocycles. The number of nitro benzene ring substituents is 2. The van der Waals surface area contributed by atoms with Gasteiger partial charge < -0.3 is 9.47 Å². The highest BCUT2D eigenvalue weighted by Crippen LogP contribution is 2.25. The predicted molar refractivity (Wildman–Crippen MR) is 131 cm³/mol. The molecule has 0 aliphatic rings. The smallest absolute Gasteiger partial charge is 0.270 e. The topological polar surface area (TPSA) is 125 Å². The number of alkyl halides is 2. The lowest BCUT2D eigenvalue weighted by Gasteiger charge is -2.17. The van der Waals surface area contributed by atoms with Gasteiger partial charge in [0, 0.05) is 42.9 Å². The minimum atomic E-state index is -0.571. The van der Waals surface area contributed by atoms with E-state index >= 15 is 0 Å². The summed E-state index contributed by atoms with van der Waals surface area (Å²) in [6.07, 6.45) is 2.28. The maximum Gasteiger partial charge on any atom is 0.270 e. The molecule has 0 bridgehead atoms. The Labute approximate surface area is 207 Å². The second-order valence-electron chi connectivity index (χ2n) is 6.71. The van der Waals surface area contributed by atoms with E-state index in [0.717, 1.165) is 11.6 Å². The molecule has 2 rings (SSSR count). The Balaban J connectivity index is 0.000000350. The Kier molecular flexibility index (Phi) is 13.2. The molecular weight excluding hydrogens is 489 g/mol. The number of nitrogens with zero attached hydrogens (tertiary/aromatic N) is 3. The van der Waals surface area contributed by atoms with E-state index in [-0.39, 0.29) is 29.4 Å². The molecule has 0 N–H and O–H groups in total. The van der Waals surface area contributed by atoms with Crippen molar-refractivity contribution < 1.29 is 24.1 Å². The number of hydrogen-bond acceptors (Lipinski definition) is 8. The monoisotopic (exact) mass is 513 g/mol. The van der Waals surface area contributed by atoms with Crippen molar-refractivity contribution in [3.05, 3.63) is 80.4 Å². The molecule has 0 unspecified atom stereocenters. The largest absolute Gasteiger partial charge is 0.492 e. The quantitative estimate of drug-likeness (QED) is 0.122. The number of benzene rings is 2. The van der Waals surface area contributed by atoms with Crippen LogP contribution in [0.25, 0.3) is 0 Å². The summed E-state index contributed by atoms with van der Waals surface area (Å²) in [5, 5.41) is 21.2. The molecule has 0 atom stereocenters. The maximum atomic E-state index is 10.8. The third kappa shape index (κ3) is 9.74. The van der Waals surface area contributed by atoms with Gasteiger partial charge in [0.1, 0.15) is 24.7 Å². The first-order valence-corrected chi connectivity index (χ1v) is 11.0. The Morgan fingerprint density at radius 2 is 1.50 bits per heavy atom. The van der Waals surface area contributed by atoms with E-state index in [1.807, 2.05) is 11.9 Å². The lowest BCUT2D eigenvalue weighted by atomic mass is 10.1. The van der Waals surface area contributed by atoms with Crippen LogP contribution in [-0.4, -0.2) is 59.6 Å². The van der Waals surface area contributed by atoms with E-state index < -0.39 is 9.85 Å². The Morgan fingerprint density at radius 3 is 2.00 bits per heavy atom. The van der Waals surface area contributed by atoms with Gasteiger partial charge in [-0.3, -0.25) is 29.9 Å². The van der Waals surface area contributed by atoms with Crippen molar-refractivity contribution in [2.24, 2.45) is 0 Å². The predicted octanol–water partition coefficient (Wildman–Crippen LogP) is 4.86. The van der Waals surface area contributed by atoms with E-state index in [0.29, 0.717) is 43.4 Å². The van der Waals surface area contributed by atoms with E-state index in [2.05, 4.69) is 6.58 Å². The highest BCUT2D eigenvalue weighted by Gasteiger charge is 2.13. The number of aldehydes is 1. The van der Waals surface area contributed by atoms with Crippen molar-refractivity contribution in [1.29, 1.82) is 0 Å². The van der Waals surface area contributed by atoms with Crippen LogP contribution in [0.5, 0.6) is 11.5 Å². The van der Waals surface area contributed by atoms with Crippen LogP contribution >= 0.6 is 23.2 Å². The van der Waals surface area contributed by atoms with Crippen molar-refractivity contribution in [3.63, 3.8) is 0 Å². The molecule has 0 aliphatic carbocycles. The van der Waals surface area contributed by atoms with Crippen LogP contribution in [0.4, 0.5) is 11.4 Å². The maximum absolute atomic E-state index is 10.8. The number of likely N-dealkylation sites (N-methyl/N-ethyl adjacent to an activating group) is 1. The summed E-state index contributed by atoms with van der Waals surface area (Å²) in [6, 6.07) is 8.40. The van der Waals surface area contributed by atoms with E-state index in [4.69, 9.17) is 32.7 Å². The highest BCUT2D eigenvalue weighted by molar-refractivity contribution is 6.18. The zero-order valence-electron chi connectivity index (χ0n) is 18.5. The number of hydrogen-bond donors (Lipinski definition) is 0. The summed E-state index contributed by atoms with van der Waals surface area (Å²) in [4.78, 5) is 32.9. The second kappa shape index (κ2) is 15.6. The first-order chi connectivity index (χ1) is 16.3. The average molecular weight is 514 g/mol. The van der Waals surface area contributed by atoms with Crippen LogP contribution in [-0.2, 0) is 6.54 Å². The van der Waals surface area contributed by atoms with Crippen molar-refractivity contribution in [2.45, 2.75) is 6.54 Å². The van der Waals surface area contributed by atoms with Gasteiger partial charge in [0.05, 0.1) is 27.2 Å². The van der Waals surface area contributed by atoms with Crippen molar-refractivity contribution in [1.82, 2.24) is 4.90 Å². The van der Waals surface area contributed by atoms with Crippen molar-refractivity contribution >= 4 is 40.9 Å². The number of ether oxygens (including phenoxy) is 2. The van der Waals surface area contributed by atoms with Gasteiger partial charge in [-0.25, -0.2) is 0 Å². The molecule has 12 heteroatoms. The van der Waals surface area contributed by atoms with Crippen LogP contribution in [0, 0.1) is 20.2 Å². The molecule has 0 amide bonds. The van der Waals surface area contributed by atoms with E-state index in [9.17, 15) is 25.0 Å². The van der Waals surface area contributed by atoms with Crippen LogP contribution in [0.1, 0.15) is 15.9 Å². The minimum Gasteiger partial charge on any atom is -0.492 e. The highest BCUT2D eigenvalue weighted by atomic mass is 35.5. The van der Waals surface area contributed by atoms with Gasteiger partial charge in [-0.1, -0.05) is 6.08 Å². The molecule has 184 valence electrons. The van der Waals surface area contributed by atoms with Gasteiger partial charge in [0.2, 0.25) is 0 Å². The standard InChI is InChI=1S/C13H17ClN2O3.C9H8ClNO4/c1-3-7-15(2)10-11-9-12(16(17)18)4-5-13(11)19-8-6-14;10-3-4-15-9-2-1-8(11(13)14)5-7(9)6-12/h3-5,9H,1,6-8,10H2,2H3;1-2,5-6H,3-4H2. The summed E-state index contributed by atoms with van der Waals surface area (Å²) in [7, 11) is 1.91. The summed E-state index contributed by atoms with van der Waals surface area (Å²) in [5.74, 6) is 1.59. The molecule has 0 fully saturated rings. The van der Waals surface area contributed by atoms with E-state index in [1.165, 1.54) is 24.3 Å². The third-order valence-corrected chi connectivity index (χ3v) is 4.45. The fourth-order valence-corrected chi connectivity index (χ4v) is 2.84. The van der Waals surface area contributed by atoms with Gasteiger partial charge in [-0.2, -0.15) is 0 Å². The molecule has 0 heterocycles. The number of nitro groups is 2. The molecule has 0 aromatic heterocycles. The molecule has 0 spiro atoms. The van der Waals surface area contributed by atoms with E-state index in [1.54, 1.807) is 12.1 Å². The lowest BCUT2D eigenvalue weighted by Crippen LogP contribution is -2.18. The number of halogens is 2. The fraction of sp³-hybridized carbons (Fsp3) is 0.318. The van der Waals surface area contributed by atoms with Gasteiger partial charge in [-0.05, 0) is 19.2 Å². The number of non-ortho nitro benzene ring substituents is 2. The molecular formula is C22H25Cl2N3O7. The summed E-state index contributed by atoms with van der Waals surface area (Å²) in [5.41, 5.74) is 0.827. The number of carbonyl (C=O) groups is 1. The summed E-state index contributed by atoms with van der Waals surface area (Å²) in [6.45, 7) is 5.52. The molecule has 34 heavy (non-hydrogen) atoms. The van der Waals surface area contributed by atoms with Gasteiger partial charge in [0.15, 0.2) is 6.29 Å². The van der Waals surface area contributed by atoms with Crippen LogP contribution in [0.15, 0.2) is 49.1 Å². The molecule has 2 aromatic rings.